The number of nitrogens with one attached hydrogen (secondary N) is 1. The fraction of sp³-hybridized carbons (Fsp3) is 0.524. The van der Waals surface area contributed by atoms with Crippen molar-refractivity contribution in [2.24, 2.45) is 5.92 Å². The van der Waals surface area contributed by atoms with Crippen LogP contribution in [0.25, 0.3) is 0 Å². The van der Waals surface area contributed by atoms with Crippen LogP contribution < -0.4 is 5.32 Å². The molecule has 1 amide bonds. The van der Waals surface area contributed by atoms with Crippen molar-refractivity contribution in [3.8, 4) is 0 Å². The SMILES string of the molecule is Cc1nn(CCC(=O)Nc2cccc(C(F)(F)F)c2)c(C)c1S(=O)(=O)N1CCC(C)CC1. The third-order valence-electron chi connectivity index (χ3n) is 5.68. The van der Waals surface area contributed by atoms with E-state index in [4.69, 9.17) is 0 Å². The molecule has 1 saturated heterocycles. The van der Waals surface area contributed by atoms with Gasteiger partial charge in [0.2, 0.25) is 15.9 Å². The van der Waals surface area contributed by atoms with Crippen LogP contribution in [0.1, 0.15) is 43.1 Å². The Morgan fingerprint density at radius 1 is 1.22 bits per heavy atom. The number of alkyl halides is 3. The molecule has 32 heavy (non-hydrogen) atoms. The zero-order valence-corrected chi connectivity index (χ0v) is 19.1. The third-order valence-corrected chi connectivity index (χ3v) is 7.83. The van der Waals surface area contributed by atoms with E-state index in [0.29, 0.717) is 30.4 Å². The first kappa shape index (κ1) is 24.2. The molecule has 0 radical (unpaired) electrons. The largest absolute Gasteiger partial charge is 0.416 e. The topological polar surface area (TPSA) is 84.3 Å². The van der Waals surface area contributed by atoms with Gasteiger partial charge in [0.05, 0.1) is 23.5 Å². The van der Waals surface area contributed by atoms with Gasteiger partial charge in [-0.1, -0.05) is 13.0 Å². The molecular weight excluding hydrogens is 445 g/mol. The molecule has 0 bridgehead atoms. The summed E-state index contributed by atoms with van der Waals surface area (Å²) in [7, 11) is -3.69. The Hall–Kier alpha value is -2.40. The molecule has 1 aliphatic rings. The first-order valence-corrected chi connectivity index (χ1v) is 11.8. The molecule has 1 aromatic heterocycles. The summed E-state index contributed by atoms with van der Waals surface area (Å²) >= 11 is 0. The molecule has 0 spiro atoms. The molecule has 2 heterocycles. The molecule has 7 nitrogen and oxygen atoms in total. The Kier molecular flexibility index (Phi) is 6.99. The summed E-state index contributed by atoms with van der Waals surface area (Å²) in [6.07, 6.45) is -2.96. The summed E-state index contributed by atoms with van der Waals surface area (Å²) in [4.78, 5) is 12.4. The maximum Gasteiger partial charge on any atom is 0.416 e. The van der Waals surface area contributed by atoms with Crippen molar-refractivity contribution in [2.75, 3.05) is 18.4 Å². The minimum absolute atomic E-state index is 0.0424. The van der Waals surface area contributed by atoms with Crippen molar-refractivity contribution in [1.82, 2.24) is 14.1 Å². The van der Waals surface area contributed by atoms with Gasteiger partial charge in [-0.2, -0.15) is 22.6 Å². The molecule has 0 atom stereocenters. The number of aryl methyl sites for hydroxylation is 2. The zero-order valence-electron chi connectivity index (χ0n) is 18.2. The van der Waals surface area contributed by atoms with Crippen LogP contribution in [0.15, 0.2) is 29.2 Å². The van der Waals surface area contributed by atoms with E-state index in [-0.39, 0.29) is 23.5 Å². The van der Waals surface area contributed by atoms with Crippen molar-refractivity contribution in [3.05, 3.63) is 41.2 Å². The van der Waals surface area contributed by atoms with Crippen molar-refractivity contribution in [2.45, 2.75) is 57.7 Å². The van der Waals surface area contributed by atoms with Crippen molar-refractivity contribution in [1.29, 1.82) is 0 Å². The van der Waals surface area contributed by atoms with Gasteiger partial charge in [-0.3, -0.25) is 9.48 Å². The number of anilines is 1. The van der Waals surface area contributed by atoms with E-state index in [0.717, 1.165) is 25.0 Å². The quantitative estimate of drug-likeness (QED) is 0.690. The van der Waals surface area contributed by atoms with Crippen LogP contribution in [0.5, 0.6) is 0 Å². The number of hydrogen-bond donors (Lipinski definition) is 1. The lowest BCUT2D eigenvalue weighted by atomic mass is 10.0. The van der Waals surface area contributed by atoms with Gasteiger partial charge in [-0.15, -0.1) is 0 Å². The number of carbonyl (C=O) groups is 1. The number of carbonyl (C=O) groups excluding carboxylic acids is 1. The van der Waals surface area contributed by atoms with E-state index in [1.165, 1.54) is 21.1 Å². The maximum atomic E-state index is 13.1. The predicted molar refractivity (Wildman–Crippen MR) is 114 cm³/mol. The number of piperidine rings is 1. The number of hydrogen-bond acceptors (Lipinski definition) is 4. The lowest BCUT2D eigenvalue weighted by molar-refractivity contribution is -0.137. The summed E-state index contributed by atoms with van der Waals surface area (Å²) in [5.74, 6) is -0.00647. The minimum Gasteiger partial charge on any atom is -0.326 e. The number of halogens is 3. The Balaban J connectivity index is 1.68. The second-order valence-corrected chi connectivity index (χ2v) is 10.1. The lowest BCUT2D eigenvalue weighted by Gasteiger charge is -2.29. The molecule has 3 rings (SSSR count). The summed E-state index contributed by atoms with van der Waals surface area (Å²) < 4.78 is 67.7. The summed E-state index contributed by atoms with van der Waals surface area (Å²) in [5, 5.41) is 6.74. The average Bonchev–Trinajstić information content (AvgIpc) is 3.00. The molecule has 0 aliphatic carbocycles. The summed E-state index contributed by atoms with van der Waals surface area (Å²) in [5.41, 5.74) is -0.0102. The second-order valence-electron chi connectivity index (χ2n) is 8.19. The van der Waals surface area contributed by atoms with E-state index < -0.39 is 27.7 Å². The first-order chi connectivity index (χ1) is 14.9. The fourth-order valence-corrected chi connectivity index (χ4v) is 5.67. The first-order valence-electron chi connectivity index (χ1n) is 10.4. The summed E-state index contributed by atoms with van der Waals surface area (Å²) in [6.45, 7) is 6.39. The number of aromatic nitrogens is 2. The van der Waals surface area contributed by atoms with E-state index >= 15 is 0 Å². The van der Waals surface area contributed by atoms with E-state index in [1.54, 1.807) is 13.8 Å². The van der Waals surface area contributed by atoms with Gasteiger partial charge in [0.1, 0.15) is 4.90 Å². The molecule has 1 N–H and O–H groups in total. The maximum absolute atomic E-state index is 13.1. The van der Waals surface area contributed by atoms with Gasteiger partial charge >= 0.3 is 6.18 Å². The van der Waals surface area contributed by atoms with Crippen LogP contribution in [-0.4, -0.2) is 41.5 Å². The van der Waals surface area contributed by atoms with Crippen LogP contribution in [0.3, 0.4) is 0 Å². The Morgan fingerprint density at radius 2 is 1.88 bits per heavy atom. The smallest absolute Gasteiger partial charge is 0.326 e. The van der Waals surface area contributed by atoms with E-state index in [9.17, 15) is 26.4 Å². The van der Waals surface area contributed by atoms with Gasteiger partial charge in [-0.05, 0) is 50.8 Å². The molecule has 0 unspecified atom stereocenters. The Labute approximate surface area is 185 Å². The molecule has 1 aromatic carbocycles. The van der Waals surface area contributed by atoms with Crippen LogP contribution in [0.2, 0.25) is 0 Å². The predicted octanol–water partition coefficient (Wildman–Crippen LogP) is 3.97. The highest BCUT2D eigenvalue weighted by molar-refractivity contribution is 7.89. The normalized spacial score (nSPS) is 16.3. The van der Waals surface area contributed by atoms with Gasteiger partial charge in [-0.25, -0.2) is 8.42 Å². The number of sulfonamides is 1. The fourth-order valence-electron chi connectivity index (χ4n) is 3.83. The molecule has 11 heteroatoms. The molecule has 0 saturated carbocycles. The van der Waals surface area contributed by atoms with Crippen molar-refractivity contribution >= 4 is 21.6 Å². The monoisotopic (exact) mass is 472 g/mol. The molecule has 1 aliphatic heterocycles. The molecule has 176 valence electrons. The second kappa shape index (κ2) is 9.22. The molecular formula is C21H27F3N4O3S. The van der Waals surface area contributed by atoms with Crippen LogP contribution in [0, 0.1) is 19.8 Å². The van der Waals surface area contributed by atoms with Crippen LogP contribution in [-0.2, 0) is 27.5 Å². The number of nitrogens with zero attached hydrogens (tertiary/aromatic N) is 3. The van der Waals surface area contributed by atoms with Gasteiger partial charge < -0.3 is 5.32 Å². The van der Waals surface area contributed by atoms with Crippen molar-refractivity contribution in [3.63, 3.8) is 0 Å². The van der Waals surface area contributed by atoms with Gasteiger partial charge in [0.25, 0.3) is 0 Å². The van der Waals surface area contributed by atoms with Crippen LogP contribution >= 0.6 is 0 Å². The van der Waals surface area contributed by atoms with E-state index in [2.05, 4.69) is 17.3 Å². The Morgan fingerprint density at radius 3 is 2.50 bits per heavy atom. The van der Waals surface area contributed by atoms with Crippen molar-refractivity contribution < 1.29 is 26.4 Å². The molecule has 1 fully saturated rings. The number of rotatable bonds is 6. The number of amides is 1. The highest BCUT2D eigenvalue weighted by Crippen LogP contribution is 2.31. The summed E-state index contributed by atoms with van der Waals surface area (Å²) in [6, 6.07) is 4.39. The van der Waals surface area contributed by atoms with Gasteiger partial charge in [0.15, 0.2) is 0 Å². The Bertz CT molecular complexity index is 1090. The van der Waals surface area contributed by atoms with Crippen LogP contribution in [0.4, 0.5) is 18.9 Å². The highest BCUT2D eigenvalue weighted by Gasteiger charge is 2.33. The highest BCUT2D eigenvalue weighted by atomic mass is 32.2. The number of benzene rings is 1. The lowest BCUT2D eigenvalue weighted by Crippen LogP contribution is -2.38. The third kappa shape index (κ3) is 5.32. The van der Waals surface area contributed by atoms with Gasteiger partial charge in [0, 0.05) is 25.2 Å². The van der Waals surface area contributed by atoms with E-state index in [1.807, 2.05) is 0 Å². The molecule has 2 aromatic rings. The minimum atomic E-state index is -4.50. The standard InChI is InChI=1S/C21H27F3N4O3S/c1-14-7-10-27(11-8-14)32(30,31)20-15(2)26-28(16(20)3)12-9-19(29)25-18-6-4-5-17(13-18)21(22,23)24/h4-6,13-14H,7-12H2,1-3H3,(H,25,29). The average molecular weight is 473 g/mol. The zero-order chi connectivity index (χ0) is 23.7.